The molecule has 6 heteroatoms. The number of nitrogens with one attached hydrogen (secondary N) is 1. The number of carbonyl (C=O) groups excluding carboxylic acids is 2. The van der Waals surface area contributed by atoms with Crippen molar-refractivity contribution in [2.75, 3.05) is 13.2 Å². The summed E-state index contributed by atoms with van der Waals surface area (Å²) in [6.45, 7) is 4.93. The highest BCUT2D eigenvalue weighted by atomic mass is 16.5. The Bertz CT molecular complexity index is 1210. The van der Waals surface area contributed by atoms with Crippen LogP contribution < -0.4 is 5.32 Å². The first-order valence-electron chi connectivity index (χ1n) is 37.0. The molecular formula is C74H145NO5. The van der Waals surface area contributed by atoms with E-state index in [0.29, 0.717) is 19.4 Å². The Morgan fingerprint density at radius 3 is 0.850 bits per heavy atom. The Hall–Kier alpha value is -1.40. The number of hydrogen-bond acceptors (Lipinski definition) is 5. The Labute approximate surface area is 501 Å². The maximum atomic E-state index is 12.4. The molecule has 0 aromatic carbocycles. The smallest absolute Gasteiger partial charge is 0.305 e. The van der Waals surface area contributed by atoms with Crippen LogP contribution in [0.5, 0.6) is 0 Å². The lowest BCUT2D eigenvalue weighted by Crippen LogP contribution is -2.45. The number of allylic oxidation sites excluding steroid dienone is 1. The van der Waals surface area contributed by atoms with Gasteiger partial charge in [0.1, 0.15) is 0 Å². The molecule has 2 atom stereocenters. The van der Waals surface area contributed by atoms with Gasteiger partial charge in [-0.05, 0) is 32.1 Å². The van der Waals surface area contributed by atoms with Crippen LogP contribution in [0.2, 0.25) is 0 Å². The van der Waals surface area contributed by atoms with Crippen LogP contribution in [0.1, 0.15) is 425 Å². The molecule has 0 fully saturated rings. The number of esters is 1. The molecule has 80 heavy (non-hydrogen) atoms. The molecule has 1 amide bonds. The number of unbranched alkanes of at least 4 members (excludes halogenated alkanes) is 59. The lowest BCUT2D eigenvalue weighted by Gasteiger charge is -2.20. The van der Waals surface area contributed by atoms with Crippen molar-refractivity contribution in [3.8, 4) is 0 Å². The van der Waals surface area contributed by atoms with Crippen LogP contribution in [-0.2, 0) is 14.3 Å². The molecule has 0 saturated carbocycles. The average Bonchev–Trinajstić information content (AvgIpc) is 3.46. The highest BCUT2D eigenvalue weighted by molar-refractivity contribution is 5.76. The molecule has 3 N–H and O–H groups in total. The minimum Gasteiger partial charge on any atom is -0.466 e. The number of hydrogen-bond donors (Lipinski definition) is 3. The maximum Gasteiger partial charge on any atom is 0.305 e. The van der Waals surface area contributed by atoms with Crippen molar-refractivity contribution < 1.29 is 24.5 Å². The summed E-state index contributed by atoms with van der Waals surface area (Å²) in [5.41, 5.74) is 0. The topological polar surface area (TPSA) is 95.9 Å². The molecule has 0 aromatic rings. The van der Waals surface area contributed by atoms with Crippen LogP contribution in [0, 0.1) is 0 Å². The lowest BCUT2D eigenvalue weighted by atomic mass is 10.0. The Balaban J connectivity index is 3.27. The third-order valence-corrected chi connectivity index (χ3v) is 17.6. The molecule has 0 aliphatic rings. The van der Waals surface area contributed by atoms with Gasteiger partial charge < -0.3 is 20.3 Å². The molecule has 0 aromatic heterocycles. The van der Waals surface area contributed by atoms with Crippen LogP contribution >= 0.6 is 0 Å². The third kappa shape index (κ3) is 65.7. The zero-order chi connectivity index (χ0) is 57.8. The zero-order valence-corrected chi connectivity index (χ0v) is 54.6. The van der Waals surface area contributed by atoms with Gasteiger partial charge in [0.05, 0.1) is 25.4 Å². The molecule has 6 nitrogen and oxygen atoms in total. The first kappa shape index (κ1) is 78.6. The van der Waals surface area contributed by atoms with E-state index in [1.165, 1.54) is 360 Å². The summed E-state index contributed by atoms with van der Waals surface area (Å²) in [7, 11) is 0. The van der Waals surface area contributed by atoms with E-state index in [1.54, 1.807) is 6.08 Å². The van der Waals surface area contributed by atoms with Crippen LogP contribution in [0.4, 0.5) is 0 Å². The Morgan fingerprint density at radius 1 is 0.338 bits per heavy atom. The fourth-order valence-electron chi connectivity index (χ4n) is 11.9. The van der Waals surface area contributed by atoms with Gasteiger partial charge in [0.15, 0.2) is 0 Å². The molecular weight excluding hydrogens is 983 g/mol. The van der Waals surface area contributed by atoms with E-state index in [2.05, 4.69) is 19.2 Å². The van der Waals surface area contributed by atoms with E-state index >= 15 is 0 Å². The van der Waals surface area contributed by atoms with Gasteiger partial charge in [-0.25, -0.2) is 0 Å². The second-order valence-corrected chi connectivity index (χ2v) is 25.6. The molecule has 0 bridgehead atoms. The van der Waals surface area contributed by atoms with Gasteiger partial charge in [0.2, 0.25) is 5.91 Å². The predicted octanol–water partition coefficient (Wildman–Crippen LogP) is 23.9. The molecule has 0 aliphatic heterocycles. The highest BCUT2D eigenvalue weighted by Gasteiger charge is 2.18. The van der Waals surface area contributed by atoms with Crippen molar-refractivity contribution in [3.63, 3.8) is 0 Å². The number of carbonyl (C=O) groups is 2. The summed E-state index contributed by atoms with van der Waals surface area (Å²) in [4.78, 5) is 24.5. The minimum absolute atomic E-state index is 0.0269. The summed E-state index contributed by atoms with van der Waals surface area (Å²) in [6.07, 6.45) is 87.6. The second kappa shape index (κ2) is 70.1. The zero-order valence-electron chi connectivity index (χ0n) is 54.6. The van der Waals surface area contributed by atoms with Gasteiger partial charge in [-0.1, -0.05) is 392 Å². The summed E-state index contributed by atoms with van der Waals surface area (Å²) in [5, 5.41) is 23.1. The van der Waals surface area contributed by atoms with E-state index in [-0.39, 0.29) is 18.5 Å². The van der Waals surface area contributed by atoms with E-state index in [9.17, 15) is 19.8 Å². The first-order valence-corrected chi connectivity index (χ1v) is 37.0. The molecule has 476 valence electrons. The Morgan fingerprint density at radius 2 is 0.575 bits per heavy atom. The van der Waals surface area contributed by atoms with Crippen LogP contribution in [0.3, 0.4) is 0 Å². The maximum absolute atomic E-state index is 12.4. The van der Waals surface area contributed by atoms with E-state index < -0.39 is 12.1 Å². The summed E-state index contributed by atoms with van der Waals surface area (Å²) in [6, 6.07) is -0.621. The number of amides is 1. The van der Waals surface area contributed by atoms with Crippen LogP contribution in [0.25, 0.3) is 0 Å². The van der Waals surface area contributed by atoms with Gasteiger partial charge in [0.25, 0.3) is 0 Å². The fraction of sp³-hybridized carbons (Fsp3) is 0.946. The second-order valence-electron chi connectivity index (χ2n) is 25.6. The fourth-order valence-corrected chi connectivity index (χ4v) is 11.9. The normalized spacial score (nSPS) is 12.5. The largest absolute Gasteiger partial charge is 0.466 e. The quantitative estimate of drug-likeness (QED) is 0.0320. The molecule has 0 heterocycles. The molecule has 0 aliphatic carbocycles. The van der Waals surface area contributed by atoms with E-state index in [4.69, 9.17) is 4.74 Å². The summed E-state index contributed by atoms with van der Waals surface area (Å²) < 4.78 is 5.51. The van der Waals surface area contributed by atoms with Crippen LogP contribution in [-0.4, -0.2) is 47.4 Å². The van der Waals surface area contributed by atoms with E-state index in [0.717, 1.165) is 38.5 Å². The number of aliphatic hydroxyl groups is 2. The van der Waals surface area contributed by atoms with E-state index in [1.807, 2.05) is 6.08 Å². The molecule has 0 saturated heterocycles. The summed E-state index contributed by atoms with van der Waals surface area (Å²) in [5.74, 6) is -0.0343. The Kier molecular flexibility index (Phi) is 68.9. The number of rotatable bonds is 70. The van der Waals surface area contributed by atoms with Gasteiger partial charge in [0, 0.05) is 12.8 Å². The summed E-state index contributed by atoms with van der Waals surface area (Å²) >= 11 is 0. The monoisotopic (exact) mass is 1130 g/mol. The third-order valence-electron chi connectivity index (χ3n) is 17.6. The van der Waals surface area contributed by atoms with Crippen LogP contribution in [0.15, 0.2) is 12.2 Å². The van der Waals surface area contributed by atoms with Gasteiger partial charge in [-0.2, -0.15) is 0 Å². The van der Waals surface area contributed by atoms with Gasteiger partial charge in [-0.15, -0.1) is 0 Å². The average molecular weight is 1130 g/mol. The van der Waals surface area contributed by atoms with Crippen molar-refractivity contribution in [2.24, 2.45) is 0 Å². The van der Waals surface area contributed by atoms with Crippen molar-refractivity contribution in [3.05, 3.63) is 12.2 Å². The molecule has 0 rings (SSSR count). The lowest BCUT2D eigenvalue weighted by molar-refractivity contribution is -0.143. The SMILES string of the molecule is CCCCCCCCCCC/C=C/C(O)C(CO)NC(=O)CCCCCCCCCCCCCCCCCCCCCCCCCCCCCCCCCCCCCCCOC(=O)CCCCCCCCCCCCCCCCC. The number of ether oxygens (including phenoxy) is 1. The predicted molar refractivity (Wildman–Crippen MR) is 352 cm³/mol. The molecule has 0 spiro atoms. The molecule has 2 unspecified atom stereocenters. The first-order chi connectivity index (χ1) is 39.5. The standard InChI is InChI=1S/C74H145NO5/c1-3-5-7-9-11-13-15-16-40-44-48-52-56-60-64-68-74(79)80-69-65-61-57-53-49-45-42-39-37-35-33-31-29-27-25-23-21-19-17-18-20-22-24-26-28-30-32-34-36-38-41-43-47-51-55-59-63-67-73(78)75-71(70-76)72(77)66-62-58-54-50-46-14-12-10-8-6-4-2/h62,66,71-72,76-77H,3-61,63-65,67-70H2,1-2H3,(H,75,78)/b66-62+. The highest BCUT2D eigenvalue weighted by Crippen LogP contribution is 2.20. The van der Waals surface area contributed by atoms with Crippen molar-refractivity contribution in [2.45, 2.75) is 437 Å². The minimum atomic E-state index is -0.838. The van der Waals surface area contributed by atoms with Gasteiger partial charge >= 0.3 is 5.97 Å². The van der Waals surface area contributed by atoms with Crippen molar-refractivity contribution >= 4 is 11.9 Å². The van der Waals surface area contributed by atoms with Crippen molar-refractivity contribution in [1.82, 2.24) is 5.32 Å². The van der Waals surface area contributed by atoms with Crippen molar-refractivity contribution in [1.29, 1.82) is 0 Å². The van der Waals surface area contributed by atoms with Gasteiger partial charge in [-0.3, -0.25) is 9.59 Å². The number of aliphatic hydroxyl groups excluding tert-OH is 2. The molecule has 0 radical (unpaired) electrons.